The molecule has 0 aliphatic carbocycles. The normalized spacial score (nSPS) is 13.7. The standard InChI is InChI=1S/C9H15N/c1-4-6-7-8-10-9(3)5-2/h5-8H,4H2,1-3H3/b7-6-,9-5-,10-8-. The Morgan fingerprint density at radius 3 is 2.70 bits per heavy atom. The zero-order valence-electron chi connectivity index (χ0n) is 6.96. The molecule has 0 saturated carbocycles. The minimum Gasteiger partial charge on any atom is -0.262 e. The molecule has 0 saturated heterocycles. The van der Waals surface area contributed by atoms with E-state index in [1.807, 2.05) is 32.2 Å². The third-order valence-corrected chi connectivity index (χ3v) is 1.15. The summed E-state index contributed by atoms with van der Waals surface area (Å²) in [7, 11) is 0. The molecule has 0 aliphatic heterocycles. The highest BCUT2D eigenvalue weighted by molar-refractivity contribution is 5.71. The van der Waals surface area contributed by atoms with Gasteiger partial charge in [-0.25, -0.2) is 0 Å². The van der Waals surface area contributed by atoms with Gasteiger partial charge in [-0.3, -0.25) is 4.99 Å². The molecule has 0 aromatic rings. The van der Waals surface area contributed by atoms with Gasteiger partial charge >= 0.3 is 0 Å². The van der Waals surface area contributed by atoms with Crippen LogP contribution in [0.15, 0.2) is 28.9 Å². The monoisotopic (exact) mass is 137 g/mol. The van der Waals surface area contributed by atoms with Gasteiger partial charge in [0.25, 0.3) is 0 Å². The minimum absolute atomic E-state index is 1.06. The lowest BCUT2D eigenvalue weighted by molar-refractivity contribution is 1.23. The van der Waals surface area contributed by atoms with E-state index in [1.165, 1.54) is 0 Å². The number of hydrogen-bond acceptors (Lipinski definition) is 1. The lowest BCUT2D eigenvalue weighted by Crippen LogP contribution is -1.68. The van der Waals surface area contributed by atoms with Gasteiger partial charge in [-0.05, 0) is 26.3 Å². The quantitative estimate of drug-likeness (QED) is 0.530. The first kappa shape index (κ1) is 9.15. The average molecular weight is 137 g/mol. The first-order valence-corrected chi connectivity index (χ1v) is 3.63. The number of hydrogen-bond donors (Lipinski definition) is 0. The molecule has 1 heteroatoms. The molecule has 0 aromatic heterocycles. The van der Waals surface area contributed by atoms with E-state index in [-0.39, 0.29) is 0 Å². The zero-order valence-corrected chi connectivity index (χ0v) is 6.96. The second-order valence-corrected chi connectivity index (χ2v) is 2.04. The predicted octanol–water partition coefficient (Wildman–Crippen LogP) is 2.95. The van der Waals surface area contributed by atoms with Crippen molar-refractivity contribution in [1.82, 2.24) is 0 Å². The van der Waals surface area contributed by atoms with Gasteiger partial charge in [0.05, 0.1) is 0 Å². The minimum atomic E-state index is 1.06. The van der Waals surface area contributed by atoms with Crippen LogP contribution in [0.25, 0.3) is 0 Å². The van der Waals surface area contributed by atoms with Crippen molar-refractivity contribution in [2.75, 3.05) is 0 Å². The summed E-state index contributed by atoms with van der Waals surface area (Å²) in [6, 6.07) is 0. The third kappa shape index (κ3) is 5.29. The van der Waals surface area contributed by atoms with Gasteiger partial charge in [0.15, 0.2) is 0 Å². The van der Waals surface area contributed by atoms with Crippen LogP contribution in [0.5, 0.6) is 0 Å². The van der Waals surface area contributed by atoms with Crippen LogP contribution < -0.4 is 0 Å². The Bertz CT molecular complexity index is 152. The van der Waals surface area contributed by atoms with E-state index in [0.717, 1.165) is 12.1 Å². The van der Waals surface area contributed by atoms with Gasteiger partial charge in [-0.1, -0.05) is 19.1 Å². The summed E-state index contributed by atoms with van der Waals surface area (Å²) in [5.41, 5.74) is 1.06. The number of nitrogens with zero attached hydrogens (tertiary/aromatic N) is 1. The van der Waals surface area contributed by atoms with Gasteiger partial charge < -0.3 is 0 Å². The molecule has 0 radical (unpaired) electrons. The van der Waals surface area contributed by atoms with Crippen molar-refractivity contribution in [3.63, 3.8) is 0 Å². The Hall–Kier alpha value is -0.850. The highest BCUT2D eigenvalue weighted by Gasteiger charge is 1.73. The Balaban J connectivity index is 3.66. The molecule has 56 valence electrons. The average Bonchev–Trinajstić information content (AvgIpc) is 1.98. The molecule has 0 amide bonds. The summed E-state index contributed by atoms with van der Waals surface area (Å²) in [6.07, 6.45) is 8.91. The predicted molar refractivity (Wildman–Crippen MR) is 47.4 cm³/mol. The Morgan fingerprint density at radius 2 is 2.20 bits per heavy atom. The number of rotatable bonds is 3. The van der Waals surface area contributed by atoms with Crippen LogP contribution in [0.4, 0.5) is 0 Å². The van der Waals surface area contributed by atoms with Crippen LogP contribution in [0.1, 0.15) is 27.2 Å². The fourth-order valence-corrected chi connectivity index (χ4v) is 0.432. The lowest BCUT2D eigenvalue weighted by Gasteiger charge is -1.83. The first-order valence-electron chi connectivity index (χ1n) is 3.63. The fourth-order valence-electron chi connectivity index (χ4n) is 0.432. The van der Waals surface area contributed by atoms with Crippen molar-refractivity contribution in [2.24, 2.45) is 4.99 Å². The molecule has 0 aliphatic rings. The van der Waals surface area contributed by atoms with E-state index in [2.05, 4.69) is 18.0 Å². The maximum absolute atomic E-state index is 4.13. The summed E-state index contributed by atoms with van der Waals surface area (Å²) in [5.74, 6) is 0. The van der Waals surface area contributed by atoms with Crippen LogP contribution in [-0.2, 0) is 0 Å². The molecule has 0 spiro atoms. The topological polar surface area (TPSA) is 12.4 Å². The Kier molecular flexibility index (Phi) is 5.74. The molecule has 0 rings (SSSR count). The van der Waals surface area contributed by atoms with Crippen molar-refractivity contribution in [3.05, 3.63) is 23.9 Å². The van der Waals surface area contributed by atoms with E-state index in [4.69, 9.17) is 0 Å². The molecule has 1 nitrogen and oxygen atoms in total. The summed E-state index contributed by atoms with van der Waals surface area (Å²) < 4.78 is 0. The first-order chi connectivity index (χ1) is 4.81. The molecule has 0 heterocycles. The van der Waals surface area contributed by atoms with E-state index < -0.39 is 0 Å². The number of allylic oxidation sites excluding steroid dienone is 4. The fraction of sp³-hybridized carbons (Fsp3) is 0.444. The molecule has 0 bridgehead atoms. The van der Waals surface area contributed by atoms with Crippen molar-refractivity contribution in [2.45, 2.75) is 27.2 Å². The van der Waals surface area contributed by atoms with E-state index in [1.54, 1.807) is 0 Å². The van der Waals surface area contributed by atoms with Crippen molar-refractivity contribution < 1.29 is 0 Å². The summed E-state index contributed by atoms with van der Waals surface area (Å²) in [5, 5.41) is 0. The van der Waals surface area contributed by atoms with E-state index in [9.17, 15) is 0 Å². The molecule has 0 aromatic carbocycles. The van der Waals surface area contributed by atoms with Crippen molar-refractivity contribution >= 4 is 6.21 Å². The van der Waals surface area contributed by atoms with Crippen LogP contribution in [0.2, 0.25) is 0 Å². The molecule has 0 atom stereocenters. The molecular formula is C9H15N. The molecular weight excluding hydrogens is 122 g/mol. The van der Waals surface area contributed by atoms with Crippen molar-refractivity contribution in [1.29, 1.82) is 0 Å². The molecule has 0 N–H and O–H groups in total. The maximum Gasteiger partial charge on any atom is 0.0330 e. The second kappa shape index (κ2) is 6.27. The number of aliphatic imine (C=N–C) groups is 1. The van der Waals surface area contributed by atoms with Gasteiger partial charge in [-0.15, -0.1) is 0 Å². The third-order valence-electron chi connectivity index (χ3n) is 1.15. The van der Waals surface area contributed by atoms with Crippen LogP contribution in [0, 0.1) is 0 Å². The lowest BCUT2D eigenvalue weighted by atomic mass is 10.4. The second-order valence-electron chi connectivity index (χ2n) is 2.04. The smallest absolute Gasteiger partial charge is 0.0330 e. The molecule has 0 fully saturated rings. The van der Waals surface area contributed by atoms with Crippen molar-refractivity contribution in [3.8, 4) is 0 Å². The van der Waals surface area contributed by atoms with E-state index in [0.29, 0.717) is 0 Å². The summed E-state index contributed by atoms with van der Waals surface area (Å²) in [6.45, 7) is 6.07. The Labute approximate surface area is 63.2 Å². The summed E-state index contributed by atoms with van der Waals surface area (Å²) in [4.78, 5) is 4.13. The van der Waals surface area contributed by atoms with Gasteiger partial charge in [0.1, 0.15) is 0 Å². The SMILES string of the molecule is C\C=C(C)/N=C\C=C/CC. The Morgan fingerprint density at radius 1 is 1.50 bits per heavy atom. The summed E-state index contributed by atoms with van der Waals surface area (Å²) >= 11 is 0. The van der Waals surface area contributed by atoms with Gasteiger partial charge in [0.2, 0.25) is 0 Å². The van der Waals surface area contributed by atoms with Crippen LogP contribution in [0.3, 0.4) is 0 Å². The van der Waals surface area contributed by atoms with Gasteiger partial charge in [-0.2, -0.15) is 0 Å². The van der Waals surface area contributed by atoms with E-state index >= 15 is 0 Å². The molecule has 10 heavy (non-hydrogen) atoms. The highest BCUT2D eigenvalue weighted by atomic mass is 14.7. The zero-order chi connectivity index (χ0) is 7.82. The largest absolute Gasteiger partial charge is 0.262 e. The van der Waals surface area contributed by atoms with Gasteiger partial charge in [0, 0.05) is 11.9 Å². The maximum atomic E-state index is 4.13. The van der Waals surface area contributed by atoms with Crippen LogP contribution in [-0.4, -0.2) is 6.21 Å². The highest BCUT2D eigenvalue weighted by Crippen LogP contribution is 1.90. The molecule has 0 unspecified atom stereocenters. The van der Waals surface area contributed by atoms with Crippen LogP contribution >= 0.6 is 0 Å².